The topological polar surface area (TPSA) is 41.6 Å². The molecule has 6 heteroatoms. The molecule has 1 fully saturated rings. The summed E-state index contributed by atoms with van der Waals surface area (Å²) >= 11 is 6.00. The van der Waals surface area contributed by atoms with Crippen molar-refractivity contribution in [3.8, 4) is 0 Å². The van der Waals surface area contributed by atoms with Crippen molar-refractivity contribution >= 4 is 23.4 Å². The maximum Gasteiger partial charge on any atom is 0.410 e. The molecule has 0 aromatic heterocycles. The Morgan fingerprint density at radius 3 is 2.61 bits per heavy atom. The summed E-state index contributed by atoms with van der Waals surface area (Å²) in [5.74, 6) is 0.0352. The van der Waals surface area contributed by atoms with Crippen molar-refractivity contribution in [2.75, 3.05) is 25.0 Å². The maximum atomic E-state index is 13.7. The van der Waals surface area contributed by atoms with E-state index in [1.165, 1.54) is 6.07 Å². The monoisotopic (exact) mass is 342 g/mol. The van der Waals surface area contributed by atoms with Crippen molar-refractivity contribution in [2.45, 2.75) is 39.2 Å². The molecule has 0 atom stereocenters. The first-order chi connectivity index (χ1) is 10.8. The number of ether oxygens (including phenoxy) is 1. The van der Waals surface area contributed by atoms with Gasteiger partial charge in [0.2, 0.25) is 0 Å². The molecule has 128 valence electrons. The third-order valence-corrected chi connectivity index (χ3v) is 4.11. The summed E-state index contributed by atoms with van der Waals surface area (Å²) in [6.45, 7) is 7.54. The number of para-hydroxylation sites is 1. The molecule has 1 aromatic carbocycles. The Kier molecular flexibility index (Phi) is 5.74. The van der Waals surface area contributed by atoms with Gasteiger partial charge in [0.25, 0.3) is 0 Å². The lowest BCUT2D eigenvalue weighted by Gasteiger charge is -2.33. The molecule has 1 aliphatic rings. The Balaban J connectivity index is 1.80. The molecule has 0 spiro atoms. The summed E-state index contributed by atoms with van der Waals surface area (Å²) in [7, 11) is 0. The lowest BCUT2D eigenvalue weighted by molar-refractivity contribution is 0.0188. The van der Waals surface area contributed by atoms with Crippen LogP contribution in [-0.4, -0.2) is 36.2 Å². The van der Waals surface area contributed by atoms with Gasteiger partial charge in [-0.1, -0.05) is 17.7 Å². The van der Waals surface area contributed by atoms with E-state index >= 15 is 0 Å². The van der Waals surface area contributed by atoms with E-state index in [4.69, 9.17) is 16.3 Å². The standard InChI is InChI=1S/C17H24ClFN2O2/c1-17(2,3)23-16(22)21-9-7-12(8-10-21)11-20-15-13(18)5-4-6-14(15)19/h4-6,12,20H,7-11H2,1-3H3. The number of piperidine rings is 1. The summed E-state index contributed by atoms with van der Waals surface area (Å²) in [4.78, 5) is 13.7. The smallest absolute Gasteiger partial charge is 0.410 e. The highest BCUT2D eigenvalue weighted by atomic mass is 35.5. The molecular weight excluding hydrogens is 319 g/mol. The van der Waals surface area contributed by atoms with E-state index in [0.29, 0.717) is 36.3 Å². The van der Waals surface area contributed by atoms with Crippen LogP contribution in [0.25, 0.3) is 0 Å². The van der Waals surface area contributed by atoms with Gasteiger partial charge in [-0.2, -0.15) is 0 Å². The highest BCUT2D eigenvalue weighted by Crippen LogP contribution is 2.26. The number of rotatable bonds is 3. The van der Waals surface area contributed by atoms with Gasteiger partial charge >= 0.3 is 6.09 Å². The molecule has 0 saturated carbocycles. The van der Waals surface area contributed by atoms with Gasteiger partial charge in [0.1, 0.15) is 11.4 Å². The Bertz CT molecular complexity index is 532. The molecule has 1 amide bonds. The lowest BCUT2D eigenvalue weighted by atomic mass is 9.97. The van der Waals surface area contributed by atoms with Crippen LogP contribution >= 0.6 is 11.6 Å². The fourth-order valence-corrected chi connectivity index (χ4v) is 2.79. The molecule has 1 N–H and O–H groups in total. The van der Waals surface area contributed by atoms with E-state index in [0.717, 1.165) is 12.8 Å². The average Bonchev–Trinajstić information content (AvgIpc) is 2.45. The van der Waals surface area contributed by atoms with Gasteiger partial charge in [0.15, 0.2) is 0 Å². The Hall–Kier alpha value is -1.49. The van der Waals surface area contributed by atoms with E-state index in [-0.39, 0.29) is 11.9 Å². The number of anilines is 1. The van der Waals surface area contributed by atoms with Crippen LogP contribution in [0.2, 0.25) is 5.02 Å². The maximum absolute atomic E-state index is 13.7. The molecule has 1 saturated heterocycles. The molecule has 1 heterocycles. The molecule has 0 bridgehead atoms. The van der Waals surface area contributed by atoms with Crippen LogP contribution < -0.4 is 5.32 Å². The number of amides is 1. The number of benzene rings is 1. The summed E-state index contributed by atoms with van der Waals surface area (Å²) in [6, 6.07) is 4.64. The van der Waals surface area contributed by atoms with Gasteiger partial charge in [-0.25, -0.2) is 9.18 Å². The Morgan fingerprint density at radius 2 is 2.04 bits per heavy atom. The third-order valence-electron chi connectivity index (χ3n) is 3.80. The van der Waals surface area contributed by atoms with Crippen molar-refractivity contribution in [1.29, 1.82) is 0 Å². The molecule has 0 radical (unpaired) electrons. The fraction of sp³-hybridized carbons (Fsp3) is 0.588. The molecule has 0 unspecified atom stereocenters. The Labute approximate surface area is 141 Å². The first-order valence-electron chi connectivity index (χ1n) is 7.92. The van der Waals surface area contributed by atoms with Crippen molar-refractivity contribution in [3.63, 3.8) is 0 Å². The van der Waals surface area contributed by atoms with Gasteiger partial charge in [-0.3, -0.25) is 0 Å². The number of hydrogen-bond acceptors (Lipinski definition) is 3. The number of nitrogens with one attached hydrogen (secondary N) is 1. The molecule has 0 aliphatic carbocycles. The second-order valence-corrected chi connectivity index (χ2v) is 7.30. The zero-order valence-electron chi connectivity index (χ0n) is 13.9. The summed E-state index contributed by atoms with van der Waals surface area (Å²) in [5.41, 5.74) is -0.124. The van der Waals surface area contributed by atoms with Gasteiger partial charge < -0.3 is 15.0 Å². The second-order valence-electron chi connectivity index (χ2n) is 6.89. The number of hydrogen-bond donors (Lipinski definition) is 1. The number of halogens is 2. The molecular formula is C17H24ClFN2O2. The molecule has 23 heavy (non-hydrogen) atoms. The SMILES string of the molecule is CC(C)(C)OC(=O)N1CCC(CNc2c(F)cccc2Cl)CC1. The van der Waals surface area contributed by atoms with E-state index in [1.54, 1.807) is 17.0 Å². The summed E-state index contributed by atoms with van der Waals surface area (Å²) in [6.07, 6.45) is 1.46. The minimum atomic E-state index is -0.475. The second kappa shape index (κ2) is 7.39. The zero-order valence-corrected chi connectivity index (χ0v) is 14.6. The molecule has 4 nitrogen and oxygen atoms in total. The van der Waals surface area contributed by atoms with Crippen LogP contribution in [0, 0.1) is 11.7 Å². The van der Waals surface area contributed by atoms with Gasteiger partial charge in [0, 0.05) is 19.6 Å². The van der Waals surface area contributed by atoms with Crippen LogP contribution in [0.1, 0.15) is 33.6 Å². The average molecular weight is 343 g/mol. The predicted molar refractivity (Wildman–Crippen MR) is 90.4 cm³/mol. The van der Waals surface area contributed by atoms with Crippen molar-refractivity contribution < 1.29 is 13.9 Å². The predicted octanol–water partition coefficient (Wildman–Crippen LogP) is 4.54. The molecule has 1 aromatic rings. The summed E-state index contributed by atoms with van der Waals surface area (Å²) < 4.78 is 19.1. The van der Waals surface area contributed by atoms with Gasteiger partial charge in [-0.15, -0.1) is 0 Å². The van der Waals surface area contributed by atoms with Crippen molar-refractivity contribution in [2.24, 2.45) is 5.92 Å². The van der Waals surface area contributed by atoms with Crippen LogP contribution in [0.4, 0.5) is 14.9 Å². The minimum Gasteiger partial charge on any atom is -0.444 e. The van der Waals surface area contributed by atoms with E-state index < -0.39 is 5.60 Å². The van der Waals surface area contributed by atoms with Crippen molar-refractivity contribution in [3.05, 3.63) is 29.0 Å². The van der Waals surface area contributed by atoms with E-state index in [1.807, 2.05) is 20.8 Å². The number of likely N-dealkylation sites (tertiary alicyclic amines) is 1. The quantitative estimate of drug-likeness (QED) is 0.876. The number of nitrogens with zero attached hydrogens (tertiary/aromatic N) is 1. The lowest BCUT2D eigenvalue weighted by Crippen LogP contribution is -2.42. The number of carbonyl (C=O) groups is 1. The summed E-state index contributed by atoms with van der Waals surface area (Å²) in [5, 5.41) is 3.48. The first kappa shape index (κ1) is 17.9. The minimum absolute atomic E-state index is 0.263. The van der Waals surface area contributed by atoms with E-state index in [9.17, 15) is 9.18 Å². The largest absolute Gasteiger partial charge is 0.444 e. The fourth-order valence-electron chi connectivity index (χ4n) is 2.56. The molecule has 2 rings (SSSR count). The first-order valence-corrected chi connectivity index (χ1v) is 8.30. The Morgan fingerprint density at radius 1 is 1.39 bits per heavy atom. The zero-order chi connectivity index (χ0) is 17.0. The van der Waals surface area contributed by atoms with Gasteiger partial charge in [0.05, 0.1) is 10.7 Å². The highest BCUT2D eigenvalue weighted by Gasteiger charge is 2.26. The number of carbonyl (C=O) groups excluding carboxylic acids is 1. The van der Waals surface area contributed by atoms with Crippen molar-refractivity contribution in [1.82, 2.24) is 4.90 Å². The highest BCUT2D eigenvalue weighted by molar-refractivity contribution is 6.33. The third kappa shape index (κ3) is 5.27. The van der Waals surface area contributed by atoms with Crippen LogP contribution in [0.15, 0.2) is 18.2 Å². The van der Waals surface area contributed by atoms with Crippen LogP contribution in [0.3, 0.4) is 0 Å². The molecule has 1 aliphatic heterocycles. The van der Waals surface area contributed by atoms with E-state index in [2.05, 4.69) is 5.32 Å². The van der Waals surface area contributed by atoms with Crippen LogP contribution in [0.5, 0.6) is 0 Å². The van der Waals surface area contributed by atoms with Gasteiger partial charge in [-0.05, 0) is 51.7 Å². The normalized spacial score (nSPS) is 16.3. The van der Waals surface area contributed by atoms with Crippen LogP contribution in [-0.2, 0) is 4.74 Å².